The number of hydrogen-bond acceptors (Lipinski definition) is 2. The second kappa shape index (κ2) is 13.7. The van der Waals surface area contributed by atoms with Gasteiger partial charge in [0.05, 0.1) is 5.69 Å². The van der Waals surface area contributed by atoms with Gasteiger partial charge in [0.1, 0.15) is 11.2 Å². The van der Waals surface area contributed by atoms with Gasteiger partial charge in [0.2, 0.25) is 0 Å². The number of hydrogen-bond donors (Lipinski definition) is 0. The zero-order valence-electron chi connectivity index (χ0n) is 30.5. The summed E-state index contributed by atoms with van der Waals surface area (Å²) in [5, 5.41) is 4.77. The Labute approximate surface area is 321 Å². The Hall–Kier alpha value is -7.16. The van der Waals surface area contributed by atoms with Gasteiger partial charge in [-0.05, 0) is 98.6 Å². The summed E-state index contributed by atoms with van der Waals surface area (Å²) in [5.74, 6) is 0. The van der Waals surface area contributed by atoms with E-state index in [1.54, 1.807) is 0 Å². The Morgan fingerprint density at radius 3 is 1.73 bits per heavy atom. The molecule has 0 fully saturated rings. The van der Waals surface area contributed by atoms with Crippen molar-refractivity contribution in [3.8, 4) is 44.5 Å². The fraction of sp³-hybridized carbons (Fsp3) is 0.0189. The van der Waals surface area contributed by atoms with Crippen LogP contribution in [0.25, 0.3) is 77.2 Å². The molecule has 2 heteroatoms. The molecule has 0 atom stereocenters. The van der Waals surface area contributed by atoms with Crippen LogP contribution in [0.4, 0.5) is 17.1 Å². The third kappa shape index (κ3) is 5.76. The number of furan rings is 1. The van der Waals surface area contributed by atoms with E-state index in [2.05, 4.69) is 218 Å². The van der Waals surface area contributed by atoms with Gasteiger partial charge in [-0.2, -0.15) is 0 Å². The fourth-order valence-corrected chi connectivity index (χ4v) is 8.27. The Balaban J connectivity index is 1.20. The highest BCUT2D eigenvalue weighted by molar-refractivity contribution is 6.08. The van der Waals surface area contributed by atoms with Crippen LogP contribution in [-0.4, -0.2) is 0 Å². The average Bonchev–Trinajstić information content (AvgIpc) is 3.64. The number of rotatable bonds is 7. The molecule has 0 aliphatic carbocycles. The maximum absolute atomic E-state index is 6.54. The molecule has 55 heavy (non-hydrogen) atoms. The van der Waals surface area contributed by atoms with Crippen molar-refractivity contribution >= 4 is 49.8 Å². The highest BCUT2D eigenvalue weighted by Gasteiger charge is 2.22. The summed E-state index contributed by atoms with van der Waals surface area (Å²) in [6.45, 7) is 2.15. The van der Waals surface area contributed by atoms with Crippen molar-refractivity contribution in [1.29, 1.82) is 0 Å². The van der Waals surface area contributed by atoms with E-state index in [4.69, 9.17) is 4.42 Å². The van der Waals surface area contributed by atoms with Crippen LogP contribution in [0.5, 0.6) is 0 Å². The fourth-order valence-electron chi connectivity index (χ4n) is 8.27. The van der Waals surface area contributed by atoms with Gasteiger partial charge in [-0.1, -0.05) is 164 Å². The van der Waals surface area contributed by atoms with E-state index in [0.717, 1.165) is 44.7 Å². The molecule has 0 N–H and O–H groups in total. The maximum atomic E-state index is 6.54. The number of fused-ring (bicyclic) bond motifs is 4. The lowest BCUT2D eigenvalue weighted by atomic mass is 9.89. The minimum atomic E-state index is 0.868. The number of benzene rings is 9. The van der Waals surface area contributed by atoms with Crippen molar-refractivity contribution in [3.63, 3.8) is 0 Å². The first-order valence-corrected chi connectivity index (χ1v) is 18.8. The summed E-state index contributed by atoms with van der Waals surface area (Å²) in [4.78, 5) is 2.39. The molecular formula is C53H37NO. The molecule has 10 rings (SSSR count). The lowest BCUT2D eigenvalue weighted by molar-refractivity contribution is 0.669. The van der Waals surface area contributed by atoms with E-state index in [0.29, 0.717) is 0 Å². The van der Waals surface area contributed by atoms with Gasteiger partial charge >= 0.3 is 0 Å². The standard InChI is InChI=1S/C53H37NO/c1-36-15-13-26-49-51(36)47-34-32-43(35-50(47)55-49)54(48-25-14-24-45(37-16-5-2-6-17-37)53(48)41-21-9-4-10-22-41)42-30-27-39(28-31-42)46-33-29-38-18-11-12-23-44(38)52(46)40-19-7-3-8-20-40/h2-35H,1H3. The normalized spacial score (nSPS) is 11.4. The summed E-state index contributed by atoms with van der Waals surface area (Å²) in [7, 11) is 0. The predicted octanol–water partition coefficient (Wildman–Crippen LogP) is 15.2. The van der Waals surface area contributed by atoms with Gasteiger partial charge in [-0.25, -0.2) is 0 Å². The smallest absolute Gasteiger partial charge is 0.137 e. The summed E-state index contributed by atoms with van der Waals surface area (Å²) >= 11 is 0. The maximum Gasteiger partial charge on any atom is 0.137 e. The molecule has 0 radical (unpaired) electrons. The largest absolute Gasteiger partial charge is 0.456 e. The first-order valence-electron chi connectivity index (χ1n) is 18.8. The van der Waals surface area contributed by atoms with Crippen molar-refractivity contribution in [1.82, 2.24) is 0 Å². The molecule has 10 aromatic rings. The van der Waals surface area contributed by atoms with Gasteiger partial charge in [0.25, 0.3) is 0 Å². The third-order valence-corrected chi connectivity index (χ3v) is 10.8. The zero-order valence-corrected chi connectivity index (χ0v) is 30.5. The molecule has 0 aliphatic heterocycles. The Morgan fingerprint density at radius 2 is 0.982 bits per heavy atom. The summed E-state index contributed by atoms with van der Waals surface area (Å²) < 4.78 is 6.54. The van der Waals surface area contributed by atoms with Crippen molar-refractivity contribution in [2.75, 3.05) is 4.90 Å². The summed E-state index contributed by atoms with van der Waals surface area (Å²) in [5.41, 5.74) is 15.6. The molecule has 0 unspecified atom stereocenters. The van der Waals surface area contributed by atoms with Crippen molar-refractivity contribution in [3.05, 3.63) is 212 Å². The van der Waals surface area contributed by atoms with E-state index in [1.807, 2.05) is 0 Å². The molecule has 0 saturated carbocycles. The number of nitrogens with zero attached hydrogens (tertiary/aromatic N) is 1. The van der Waals surface area contributed by atoms with Gasteiger partial charge in [-0.3, -0.25) is 0 Å². The highest BCUT2D eigenvalue weighted by Crippen LogP contribution is 2.47. The monoisotopic (exact) mass is 703 g/mol. The molecule has 0 aliphatic rings. The molecule has 1 aromatic heterocycles. The van der Waals surface area contributed by atoms with Crippen LogP contribution < -0.4 is 4.90 Å². The van der Waals surface area contributed by atoms with Crippen LogP contribution in [0.15, 0.2) is 211 Å². The molecule has 9 aromatic carbocycles. The van der Waals surface area contributed by atoms with Crippen LogP contribution in [-0.2, 0) is 0 Å². The van der Waals surface area contributed by atoms with Crippen LogP contribution in [0.1, 0.15) is 5.56 Å². The van der Waals surface area contributed by atoms with E-state index in [1.165, 1.54) is 55.1 Å². The topological polar surface area (TPSA) is 16.4 Å². The lowest BCUT2D eigenvalue weighted by Gasteiger charge is -2.29. The SMILES string of the molecule is Cc1cccc2oc3cc(N(c4ccc(-c5ccc6ccccc6c5-c5ccccc5)cc4)c4cccc(-c5ccccc5)c4-c4ccccc4)ccc3c12. The second-order valence-corrected chi connectivity index (χ2v) is 14.1. The minimum absolute atomic E-state index is 0.868. The molecule has 0 bridgehead atoms. The van der Waals surface area contributed by atoms with E-state index < -0.39 is 0 Å². The second-order valence-electron chi connectivity index (χ2n) is 14.1. The summed E-state index contributed by atoms with van der Waals surface area (Å²) in [6, 6.07) is 74.0. The van der Waals surface area contributed by atoms with E-state index in [-0.39, 0.29) is 0 Å². The molecule has 0 spiro atoms. The first-order chi connectivity index (χ1) is 27.2. The molecule has 2 nitrogen and oxygen atoms in total. The molecular weight excluding hydrogens is 667 g/mol. The van der Waals surface area contributed by atoms with Gasteiger partial charge in [0, 0.05) is 33.8 Å². The van der Waals surface area contributed by atoms with E-state index in [9.17, 15) is 0 Å². The number of anilines is 3. The Bertz CT molecular complexity index is 2960. The molecule has 0 saturated heterocycles. The minimum Gasteiger partial charge on any atom is -0.456 e. The Morgan fingerprint density at radius 1 is 0.382 bits per heavy atom. The number of aryl methyl sites for hydroxylation is 1. The van der Waals surface area contributed by atoms with Crippen LogP contribution in [0.2, 0.25) is 0 Å². The molecule has 1 heterocycles. The van der Waals surface area contributed by atoms with Gasteiger partial charge < -0.3 is 9.32 Å². The average molecular weight is 704 g/mol. The zero-order chi connectivity index (χ0) is 36.7. The summed E-state index contributed by atoms with van der Waals surface area (Å²) in [6.07, 6.45) is 0. The molecule has 0 amide bonds. The third-order valence-electron chi connectivity index (χ3n) is 10.8. The molecule has 260 valence electrons. The van der Waals surface area contributed by atoms with Crippen LogP contribution in [0, 0.1) is 6.92 Å². The van der Waals surface area contributed by atoms with Crippen molar-refractivity contribution < 1.29 is 4.42 Å². The quantitative estimate of drug-likeness (QED) is 0.164. The van der Waals surface area contributed by atoms with Gasteiger partial charge in [0.15, 0.2) is 0 Å². The highest BCUT2D eigenvalue weighted by atomic mass is 16.3. The van der Waals surface area contributed by atoms with Crippen LogP contribution in [0.3, 0.4) is 0 Å². The predicted molar refractivity (Wildman–Crippen MR) is 232 cm³/mol. The van der Waals surface area contributed by atoms with Crippen molar-refractivity contribution in [2.24, 2.45) is 0 Å². The first kappa shape index (κ1) is 32.5. The van der Waals surface area contributed by atoms with Crippen molar-refractivity contribution in [2.45, 2.75) is 6.92 Å². The van der Waals surface area contributed by atoms with Crippen LogP contribution >= 0.6 is 0 Å². The Kier molecular flexibility index (Phi) is 8.08. The van der Waals surface area contributed by atoms with Gasteiger partial charge in [-0.15, -0.1) is 0 Å². The lowest BCUT2D eigenvalue weighted by Crippen LogP contribution is -2.11. The van der Waals surface area contributed by atoms with E-state index >= 15 is 0 Å².